The number of imidazole rings is 1. The Morgan fingerprint density at radius 3 is 3.00 bits per heavy atom. The van der Waals surface area contributed by atoms with E-state index in [4.69, 9.17) is 4.42 Å². The minimum atomic E-state index is -0.176. The van der Waals surface area contributed by atoms with Gasteiger partial charge in [-0.3, -0.25) is 4.79 Å². The van der Waals surface area contributed by atoms with Crippen LogP contribution in [0.25, 0.3) is 5.69 Å². The summed E-state index contributed by atoms with van der Waals surface area (Å²) in [5, 5.41) is 4.64. The molecular weight excluding hydrogens is 310 g/mol. The van der Waals surface area contributed by atoms with Crippen molar-refractivity contribution in [2.24, 2.45) is 0 Å². The van der Waals surface area contributed by atoms with Gasteiger partial charge in [-0.2, -0.15) is 0 Å². The number of furan rings is 1. The minimum Gasteiger partial charge on any atom is -0.468 e. The smallest absolute Gasteiger partial charge is 0.248 e. The summed E-state index contributed by atoms with van der Waals surface area (Å²) in [5.41, 5.74) is 1.60. The number of rotatable bonds is 6. The van der Waals surface area contributed by atoms with Gasteiger partial charge in [0.15, 0.2) is 0 Å². The third kappa shape index (κ3) is 4.14. The Bertz CT molecular complexity index is 780. The molecule has 0 radical (unpaired) electrons. The van der Waals surface area contributed by atoms with E-state index in [9.17, 15) is 4.79 Å². The van der Waals surface area contributed by atoms with E-state index in [-0.39, 0.29) is 5.91 Å². The van der Waals surface area contributed by atoms with Gasteiger partial charge in [-0.25, -0.2) is 4.98 Å². The lowest BCUT2D eigenvalue weighted by atomic mass is 10.2. The van der Waals surface area contributed by atoms with E-state index in [0.29, 0.717) is 5.75 Å². The third-order valence-electron chi connectivity index (χ3n) is 3.07. The predicted molar refractivity (Wildman–Crippen MR) is 91.3 cm³/mol. The number of amides is 1. The summed E-state index contributed by atoms with van der Waals surface area (Å²) in [5.74, 6) is 1.40. The number of nitrogens with zero attached hydrogens (tertiary/aromatic N) is 2. The summed E-state index contributed by atoms with van der Waals surface area (Å²) < 4.78 is 7.08. The largest absolute Gasteiger partial charge is 0.468 e. The normalized spacial score (nSPS) is 11.0. The average molecular weight is 325 g/mol. The number of aromatic nitrogens is 2. The number of thioether (sulfide) groups is 1. The maximum absolute atomic E-state index is 12.0. The molecule has 2 aromatic heterocycles. The minimum absolute atomic E-state index is 0.176. The fourth-order valence-electron chi connectivity index (χ4n) is 2.02. The van der Waals surface area contributed by atoms with Crippen LogP contribution in [0.15, 0.2) is 77.3 Å². The highest BCUT2D eigenvalue weighted by molar-refractivity contribution is 8.01. The Balaban J connectivity index is 1.60. The second-order valence-electron chi connectivity index (χ2n) is 4.67. The molecule has 0 saturated carbocycles. The summed E-state index contributed by atoms with van der Waals surface area (Å²) >= 11 is 1.50. The molecule has 0 fully saturated rings. The number of anilines is 1. The summed E-state index contributed by atoms with van der Waals surface area (Å²) in [6, 6.07) is 11.3. The van der Waals surface area contributed by atoms with Crippen molar-refractivity contribution in [3.8, 4) is 5.69 Å². The molecule has 3 aromatic rings. The van der Waals surface area contributed by atoms with Crippen LogP contribution in [-0.2, 0) is 10.5 Å². The average Bonchev–Trinajstić information content (AvgIpc) is 3.26. The molecule has 1 N–H and O–H groups in total. The van der Waals surface area contributed by atoms with Crippen molar-refractivity contribution in [2.75, 3.05) is 5.32 Å². The Morgan fingerprint density at radius 2 is 2.22 bits per heavy atom. The zero-order chi connectivity index (χ0) is 15.9. The standard InChI is InChI=1S/C17H15N3O2S/c21-17(7-11-23-12-14-4-3-10-22-14)19-15-5-1-2-6-16(15)20-9-8-18-13-20/h1-11,13H,12H2,(H,19,21)/b11-7+. The SMILES string of the molecule is O=C(/C=C/SCc1ccco1)Nc1ccccc1-n1ccnc1. The fraction of sp³-hybridized carbons (Fsp3) is 0.0588. The van der Waals surface area contributed by atoms with E-state index in [0.717, 1.165) is 17.1 Å². The molecule has 0 bridgehead atoms. The number of carbonyl (C=O) groups is 1. The van der Waals surface area contributed by atoms with Crippen molar-refractivity contribution in [1.82, 2.24) is 9.55 Å². The zero-order valence-electron chi connectivity index (χ0n) is 12.3. The number of hydrogen-bond donors (Lipinski definition) is 1. The molecule has 3 rings (SSSR count). The first-order valence-electron chi connectivity index (χ1n) is 7.02. The number of nitrogens with one attached hydrogen (secondary N) is 1. The van der Waals surface area contributed by atoms with Gasteiger partial charge < -0.3 is 14.3 Å². The van der Waals surface area contributed by atoms with Crippen LogP contribution in [0.2, 0.25) is 0 Å². The van der Waals surface area contributed by atoms with Gasteiger partial charge in [-0.1, -0.05) is 12.1 Å². The van der Waals surface area contributed by atoms with Crippen LogP contribution in [-0.4, -0.2) is 15.5 Å². The van der Waals surface area contributed by atoms with Gasteiger partial charge in [0.1, 0.15) is 5.76 Å². The Morgan fingerprint density at radius 1 is 1.30 bits per heavy atom. The third-order valence-corrected chi connectivity index (χ3v) is 3.85. The van der Waals surface area contributed by atoms with E-state index in [1.807, 2.05) is 47.2 Å². The highest BCUT2D eigenvalue weighted by Gasteiger charge is 2.05. The van der Waals surface area contributed by atoms with Crippen LogP contribution >= 0.6 is 11.8 Å². The van der Waals surface area contributed by atoms with E-state index < -0.39 is 0 Å². The molecule has 0 aliphatic heterocycles. The predicted octanol–water partition coefficient (Wildman–Crippen LogP) is 3.85. The molecule has 116 valence electrons. The molecule has 0 unspecified atom stereocenters. The van der Waals surface area contributed by atoms with Crippen molar-refractivity contribution in [3.05, 3.63) is 78.6 Å². The molecule has 6 heteroatoms. The van der Waals surface area contributed by atoms with Crippen LogP contribution in [0.1, 0.15) is 5.76 Å². The van der Waals surface area contributed by atoms with Gasteiger partial charge in [0.05, 0.1) is 29.7 Å². The Labute approximate surface area is 138 Å². The highest BCUT2D eigenvalue weighted by Crippen LogP contribution is 2.20. The van der Waals surface area contributed by atoms with E-state index >= 15 is 0 Å². The van der Waals surface area contributed by atoms with Gasteiger partial charge in [0.25, 0.3) is 0 Å². The van der Waals surface area contributed by atoms with Crippen molar-refractivity contribution < 1.29 is 9.21 Å². The lowest BCUT2D eigenvalue weighted by Gasteiger charge is -2.10. The summed E-state index contributed by atoms with van der Waals surface area (Å²) in [6.45, 7) is 0. The molecule has 0 atom stereocenters. The maximum Gasteiger partial charge on any atom is 0.248 e. The molecule has 0 aliphatic rings. The molecular formula is C17H15N3O2S. The fourth-order valence-corrected chi connectivity index (χ4v) is 2.66. The van der Waals surface area contributed by atoms with Gasteiger partial charge >= 0.3 is 0 Å². The summed E-state index contributed by atoms with van der Waals surface area (Å²) in [4.78, 5) is 16.1. The molecule has 23 heavy (non-hydrogen) atoms. The quantitative estimate of drug-likeness (QED) is 0.699. The Hall–Kier alpha value is -2.73. The van der Waals surface area contributed by atoms with Gasteiger partial charge in [-0.15, -0.1) is 11.8 Å². The van der Waals surface area contributed by atoms with Crippen molar-refractivity contribution >= 4 is 23.4 Å². The lowest BCUT2D eigenvalue weighted by molar-refractivity contribution is -0.111. The number of carbonyl (C=O) groups excluding carboxylic acids is 1. The Kier molecular flexibility index (Phi) is 4.95. The van der Waals surface area contributed by atoms with E-state index in [2.05, 4.69) is 10.3 Å². The summed E-state index contributed by atoms with van der Waals surface area (Å²) in [6.07, 6.45) is 8.38. The molecule has 0 spiro atoms. The molecule has 2 heterocycles. The molecule has 0 aliphatic carbocycles. The first kappa shape index (κ1) is 15.2. The highest BCUT2D eigenvalue weighted by atomic mass is 32.2. The number of hydrogen-bond acceptors (Lipinski definition) is 4. The lowest BCUT2D eigenvalue weighted by Crippen LogP contribution is -2.10. The molecule has 5 nitrogen and oxygen atoms in total. The van der Waals surface area contributed by atoms with Gasteiger partial charge in [-0.05, 0) is 29.7 Å². The van der Waals surface area contributed by atoms with Crippen LogP contribution < -0.4 is 5.32 Å². The van der Waals surface area contributed by atoms with Gasteiger partial charge in [0.2, 0.25) is 5.91 Å². The van der Waals surface area contributed by atoms with Crippen LogP contribution in [0.4, 0.5) is 5.69 Å². The first-order chi connectivity index (χ1) is 11.3. The van der Waals surface area contributed by atoms with E-state index in [1.54, 1.807) is 24.2 Å². The monoisotopic (exact) mass is 325 g/mol. The van der Waals surface area contributed by atoms with Crippen molar-refractivity contribution in [1.29, 1.82) is 0 Å². The summed E-state index contributed by atoms with van der Waals surface area (Å²) in [7, 11) is 0. The molecule has 1 amide bonds. The molecule has 1 aromatic carbocycles. The number of para-hydroxylation sites is 2. The number of benzene rings is 1. The van der Waals surface area contributed by atoms with E-state index in [1.165, 1.54) is 17.8 Å². The van der Waals surface area contributed by atoms with Crippen LogP contribution in [0.3, 0.4) is 0 Å². The second kappa shape index (κ2) is 7.51. The first-order valence-corrected chi connectivity index (χ1v) is 8.07. The topological polar surface area (TPSA) is 60.1 Å². The maximum atomic E-state index is 12.0. The molecule has 0 saturated heterocycles. The zero-order valence-corrected chi connectivity index (χ0v) is 13.1. The van der Waals surface area contributed by atoms with Crippen LogP contribution in [0, 0.1) is 0 Å². The van der Waals surface area contributed by atoms with Gasteiger partial charge in [0, 0.05) is 18.5 Å². The van der Waals surface area contributed by atoms with Crippen molar-refractivity contribution in [3.63, 3.8) is 0 Å². The second-order valence-corrected chi connectivity index (χ2v) is 5.56. The van der Waals surface area contributed by atoms with Crippen molar-refractivity contribution in [2.45, 2.75) is 5.75 Å². The van der Waals surface area contributed by atoms with Crippen LogP contribution in [0.5, 0.6) is 0 Å².